The molecule has 2 nitrogen and oxygen atoms in total. The van der Waals surface area contributed by atoms with E-state index < -0.39 is 5.82 Å². The van der Waals surface area contributed by atoms with E-state index in [9.17, 15) is 9.18 Å². The van der Waals surface area contributed by atoms with Gasteiger partial charge < -0.3 is 4.74 Å². The van der Waals surface area contributed by atoms with Gasteiger partial charge in [0.1, 0.15) is 11.6 Å². The van der Waals surface area contributed by atoms with Crippen molar-refractivity contribution in [2.45, 2.75) is 0 Å². The molecule has 0 saturated heterocycles. The molecule has 70 valence electrons. The summed E-state index contributed by atoms with van der Waals surface area (Å²) in [5, 5.41) is 0. The first-order chi connectivity index (χ1) is 6.11. The number of carbonyl (C=O) groups excluding carboxylic acids is 1. The van der Waals surface area contributed by atoms with Gasteiger partial charge in [-0.15, -0.1) is 0 Å². The first-order valence-electron chi connectivity index (χ1n) is 3.28. The Morgan fingerprint density at radius 1 is 1.54 bits per heavy atom. The number of rotatable bonds is 2. The van der Waals surface area contributed by atoms with Gasteiger partial charge in [-0.05, 0) is 37.9 Å². The predicted octanol–water partition coefficient (Wildman–Crippen LogP) is 3.17. The molecule has 0 aliphatic rings. The van der Waals surface area contributed by atoms with Crippen molar-refractivity contribution in [1.82, 2.24) is 0 Å². The van der Waals surface area contributed by atoms with Gasteiger partial charge in [0.05, 0.1) is 21.6 Å². The Kier molecular flexibility index (Phi) is 3.44. The number of aldehydes is 1. The van der Waals surface area contributed by atoms with Crippen LogP contribution in [0, 0.1) is 5.82 Å². The van der Waals surface area contributed by atoms with Crippen LogP contribution in [0.2, 0.25) is 0 Å². The van der Waals surface area contributed by atoms with Gasteiger partial charge in [0, 0.05) is 0 Å². The lowest BCUT2D eigenvalue weighted by molar-refractivity contribution is 0.111. The largest absolute Gasteiger partial charge is 0.494 e. The standard InChI is InChI=1S/C8H5Br2FO2/c1-13-8-5(9)2-6(11)4(3-12)7(8)10/h2-3H,1H3. The molecule has 1 aromatic carbocycles. The molecule has 0 aliphatic heterocycles. The van der Waals surface area contributed by atoms with Crippen molar-refractivity contribution in [1.29, 1.82) is 0 Å². The summed E-state index contributed by atoms with van der Waals surface area (Å²) in [5.41, 5.74) is -0.0416. The molecule has 0 radical (unpaired) electrons. The zero-order chi connectivity index (χ0) is 10.0. The Balaban J connectivity index is 3.47. The van der Waals surface area contributed by atoms with Crippen LogP contribution < -0.4 is 4.74 Å². The highest BCUT2D eigenvalue weighted by molar-refractivity contribution is 9.11. The molecular weight excluding hydrogens is 307 g/mol. The van der Waals surface area contributed by atoms with Crippen LogP contribution >= 0.6 is 31.9 Å². The highest BCUT2D eigenvalue weighted by Gasteiger charge is 2.14. The predicted molar refractivity (Wildman–Crippen MR) is 53.7 cm³/mol. The Morgan fingerprint density at radius 2 is 2.15 bits per heavy atom. The van der Waals surface area contributed by atoms with Gasteiger partial charge >= 0.3 is 0 Å². The zero-order valence-corrected chi connectivity index (χ0v) is 9.78. The van der Waals surface area contributed by atoms with Crippen LogP contribution in [0.5, 0.6) is 5.75 Å². The number of carbonyl (C=O) groups is 1. The Labute approximate surface area is 91.3 Å². The van der Waals surface area contributed by atoms with Crippen LogP contribution in [0.25, 0.3) is 0 Å². The van der Waals surface area contributed by atoms with Crippen molar-refractivity contribution < 1.29 is 13.9 Å². The van der Waals surface area contributed by atoms with E-state index in [-0.39, 0.29) is 5.56 Å². The smallest absolute Gasteiger partial charge is 0.154 e. The minimum atomic E-state index is -0.588. The van der Waals surface area contributed by atoms with E-state index in [2.05, 4.69) is 31.9 Å². The molecule has 1 rings (SSSR count). The number of ether oxygens (including phenoxy) is 1. The second kappa shape index (κ2) is 4.19. The second-order valence-electron chi connectivity index (χ2n) is 2.22. The van der Waals surface area contributed by atoms with Gasteiger partial charge in [-0.25, -0.2) is 4.39 Å². The van der Waals surface area contributed by atoms with Crippen LogP contribution in [-0.2, 0) is 0 Å². The van der Waals surface area contributed by atoms with Gasteiger partial charge in [-0.3, -0.25) is 4.79 Å². The average Bonchev–Trinajstić information content (AvgIpc) is 2.04. The molecule has 0 aliphatic carbocycles. The molecule has 5 heteroatoms. The van der Waals surface area contributed by atoms with E-state index in [0.717, 1.165) is 0 Å². The van der Waals surface area contributed by atoms with Gasteiger partial charge in [-0.2, -0.15) is 0 Å². The lowest BCUT2D eigenvalue weighted by Gasteiger charge is -2.08. The quantitative estimate of drug-likeness (QED) is 0.784. The Morgan fingerprint density at radius 3 is 2.62 bits per heavy atom. The normalized spacial score (nSPS) is 9.85. The molecule has 0 atom stereocenters. The maximum Gasteiger partial charge on any atom is 0.154 e. The van der Waals surface area contributed by atoms with Crippen molar-refractivity contribution in [3.63, 3.8) is 0 Å². The fourth-order valence-electron chi connectivity index (χ4n) is 0.882. The number of halogens is 3. The fourth-order valence-corrected chi connectivity index (χ4v) is 2.37. The van der Waals surface area contributed by atoms with E-state index in [1.165, 1.54) is 13.2 Å². The molecular formula is C8H5Br2FO2. The van der Waals surface area contributed by atoms with E-state index >= 15 is 0 Å². The minimum Gasteiger partial charge on any atom is -0.494 e. The maximum absolute atomic E-state index is 13.1. The second-order valence-corrected chi connectivity index (χ2v) is 3.87. The first kappa shape index (κ1) is 10.7. The summed E-state index contributed by atoms with van der Waals surface area (Å²) in [6.07, 6.45) is 0.439. The Bertz CT molecular complexity index is 352. The van der Waals surface area contributed by atoms with E-state index in [0.29, 0.717) is 21.0 Å². The lowest BCUT2D eigenvalue weighted by Crippen LogP contribution is -1.95. The van der Waals surface area contributed by atoms with E-state index in [1.54, 1.807) is 0 Å². The zero-order valence-electron chi connectivity index (χ0n) is 6.61. The van der Waals surface area contributed by atoms with Crippen LogP contribution in [0.4, 0.5) is 4.39 Å². The van der Waals surface area contributed by atoms with Crippen molar-refractivity contribution >= 4 is 38.1 Å². The van der Waals surface area contributed by atoms with Crippen molar-refractivity contribution in [3.8, 4) is 5.75 Å². The van der Waals surface area contributed by atoms with Crippen molar-refractivity contribution in [2.75, 3.05) is 7.11 Å². The average molecular weight is 312 g/mol. The highest BCUT2D eigenvalue weighted by atomic mass is 79.9. The molecule has 0 spiro atoms. The van der Waals surface area contributed by atoms with Gasteiger partial charge in [0.25, 0.3) is 0 Å². The SMILES string of the molecule is COc1c(Br)cc(F)c(C=O)c1Br. The lowest BCUT2D eigenvalue weighted by atomic mass is 10.2. The first-order valence-corrected chi connectivity index (χ1v) is 4.87. The fraction of sp³-hybridized carbons (Fsp3) is 0.125. The number of hydrogen-bond donors (Lipinski definition) is 0. The molecule has 0 amide bonds. The van der Waals surface area contributed by atoms with Gasteiger partial charge in [-0.1, -0.05) is 0 Å². The minimum absolute atomic E-state index is 0.0416. The third-order valence-corrected chi connectivity index (χ3v) is 2.86. The summed E-state index contributed by atoms with van der Waals surface area (Å²) >= 11 is 6.19. The maximum atomic E-state index is 13.1. The number of hydrogen-bond acceptors (Lipinski definition) is 2. The van der Waals surface area contributed by atoms with Crippen molar-refractivity contribution in [2.24, 2.45) is 0 Å². The molecule has 0 N–H and O–H groups in total. The van der Waals surface area contributed by atoms with E-state index in [4.69, 9.17) is 4.74 Å². The summed E-state index contributed by atoms with van der Waals surface area (Å²) < 4.78 is 18.8. The summed E-state index contributed by atoms with van der Waals surface area (Å²) in [7, 11) is 1.44. The Hall–Kier alpha value is -0.420. The van der Waals surface area contributed by atoms with Crippen LogP contribution in [0.15, 0.2) is 15.0 Å². The molecule has 1 aromatic rings. The highest BCUT2D eigenvalue weighted by Crippen LogP contribution is 2.36. The summed E-state index contributed by atoms with van der Waals surface area (Å²) in [6, 6.07) is 1.19. The van der Waals surface area contributed by atoms with Crippen LogP contribution in [0.3, 0.4) is 0 Å². The topological polar surface area (TPSA) is 26.3 Å². The molecule has 0 fully saturated rings. The molecule has 0 bridgehead atoms. The summed E-state index contributed by atoms with van der Waals surface area (Å²) in [6.45, 7) is 0. The molecule has 13 heavy (non-hydrogen) atoms. The van der Waals surface area contributed by atoms with Gasteiger partial charge in [0.15, 0.2) is 6.29 Å². The van der Waals surface area contributed by atoms with Crippen LogP contribution in [-0.4, -0.2) is 13.4 Å². The monoisotopic (exact) mass is 310 g/mol. The van der Waals surface area contributed by atoms with Crippen LogP contribution in [0.1, 0.15) is 10.4 Å². The van der Waals surface area contributed by atoms with E-state index in [1.807, 2.05) is 0 Å². The number of benzene rings is 1. The molecule has 0 unspecified atom stereocenters. The summed E-state index contributed by atoms with van der Waals surface area (Å²) in [4.78, 5) is 10.5. The third kappa shape index (κ3) is 1.91. The van der Waals surface area contributed by atoms with Gasteiger partial charge in [0.2, 0.25) is 0 Å². The molecule has 0 heterocycles. The van der Waals surface area contributed by atoms with Crippen molar-refractivity contribution in [3.05, 3.63) is 26.4 Å². The number of methoxy groups -OCH3 is 1. The summed E-state index contributed by atoms with van der Waals surface area (Å²) in [5.74, 6) is -0.182. The molecule has 0 saturated carbocycles. The third-order valence-electron chi connectivity index (χ3n) is 1.49. The molecule has 0 aromatic heterocycles.